The third kappa shape index (κ3) is 5.00. The van der Waals surface area contributed by atoms with Gasteiger partial charge in [0.15, 0.2) is 0 Å². The molecule has 0 radical (unpaired) electrons. The van der Waals surface area contributed by atoms with Gasteiger partial charge in [-0.1, -0.05) is 6.07 Å². The molecule has 1 aromatic carbocycles. The number of methoxy groups -OCH3 is 1. The van der Waals surface area contributed by atoms with Crippen LogP contribution in [0.1, 0.15) is 36.1 Å². The van der Waals surface area contributed by atoms with Crippen molar-refractivity contribution in [2.75, 3.05) is 81.8 Å². The van der Waals surface area contributed by atoms with Crippen LogP contribution in [-0.4, -0.2) is 99.6 Å². The Morgan fingerprint density at radius 1 is 1.20 bits per heavy atom. The Kier molecular flexibility index (Phi) is 7.55. The zero-order chi connectivity index (χ0) is 27.9. The van der Waals surface area contributed by atoms with Crippen molar-refractivity contribution in [3.63, 3.8) is 0 Å². The lowest BCUT2D eigenvalue weighted by atomic mass is 9.88. The highest BCUT2D eigenvalue weighted by Crippen LogP contribution is 2.38. The molecule has 1 aromatic heterocycles. The fourth-order valence-corrected chi connectivity index (χ4v) is 7.03. The molecule has 3 aliphatic heterocycles. The van der Waals surface area contributed by atoms with Gasteiger partial charge in [-0.05, 0) is 57.5 Å². The minimum atomic E-state index is -0.169. The summed E-state index contributed by atoms with van der Waals surface area (Å²) in [4.78, 5) is 19.7. The number of nitrogens with zero attached hydrogens (tertiary/aromatic N) is 7. The van der Waals surface area contributed by atoms with Crippen molar-refractivity contribution in [1.82, 2.24) is 20.2 Å². The summed E-state index contributed by atoms with van der Waals surface area (Å²) >= 11 is 0. The number of anilines is 3. The van der Waals surface area contributed by atoms with E-state index in [1.807, 2.05) is 6.07 Å². The number of aromatic nitrogens is 2. The summed E-state index contributed by atoms with van der Waals surface area (Å²) < 4.78 is 19.9. The van der Waals surface area contributed by atoms with Gasteiger partial charge in [0.2, 0.25) is 5.95 Å². The second-order valence-electron chi connectivity index (χ2n) is 12.1. The van der Waals surface area contributed by atoms with Gasteiger partial charge >= 0.3 is 0 Å². The number of ether oxygens (including phenoxy) is 1. The molecule has 40 heavy (non-hydrogen) atoms. The fourth-order valence-electron chi connectivity index (χ4n) is 7.03. The second-order valence-corrected chi connectivity index (χ2v) is 12.1. The van der Waals surface area contributed by atoms with E-state index < -0.39 is 0 Å². The smallest absolute Gasteiger partial charge is 0.227 e. The van der Waals surface area contributed by atoms with Crippen LogP contribution < -0.4 is 20.0 Å². The monoisotopic (exact) mass is 548 g/mol. The minimum absolute atomic E-state index is 0.0504. The highest BCUT2D eigenvalue weighted by molar-refractivity contribution is 5.59. The molecule has 0 bridgehead atoms. The first kappa shape index (κ1) is 27.2. The predicted octanol–water partition coefficient (Wildman–Crippen LogP) is 2.38. The van der Waals surface area contributed by atoms with Crippen molar-refractivity contribution in [2.45, 2.75) is 56.1 Å². The highest BCUT2D eigenvalue weighted by Gasteiger charge is 2.47. The SMILES string of the molecule is COCC1(N(C)C)CN(c2nc3c(c(N4CCN[C@@H](CC#N)C4)n2)CC[C@@H](N2CCCc4ccc(F)cc42)C3)C1. The molecular formula is C30H41FN8O. The second kappa shape index (κ2) is 11.1. The Labute approximate surface area is 236 Å². The van der Waals surface area contributed by atoms with Gasteiger partial charge in [0, 0.05) is 76.1 Å². The van der Waals surface area contributed by atoms with E-state index in [0.717, 1.165) is 94.5 Å². The van der Waals surface area contributed by atoms with Crippen molar-refractivity contribution in [1.29, 1.82) is 5.26 Å². The van der Waals surface area contributed by atoms with Crippen LogP contribution in [0.5, 0.6) is 0 Å². The van der Waals surface area contributed by atoms with E-state index in [1.54, 1.807) is 19.2 Å². The Balaban J connectivity index is 1.32. The van der Waals surface area contributed by atoms with Crippen molar-refractivity contribution >= 4 is 17.5 Å². The van der Waals surface area contributed by atoms with E-state index in [0.29, 0.717) is 13.0 Å². The van der Waals surface area contributed by atoms with E-state index in [-0.39, 0.29) is 23.4 Å². The highest BCUT2D eigenvalue weighted by atomic mass is 19.1. The average molecular weight is 549 g/mol. The van der Waals surface area contributed by atoms with E-state index >= 15 is 0 Å². The maximum absolute atomic E-state index is 14.3. The molecule has 2 fully saturated rings. The molecular weight excluding hydrogens is 507 g/mol. The van der Waals surface area contributed by atoms with E-state index in [9.17, 15) is 9.65 Å². The van der Waals surface area contributed by atoms with E-state index in [1.165, 1.54) is 11.1 Å². The number of halogens is 1. The molecule has 9 nitrogen and oxygen atoms in total. The number of nitrogens with one attached hydrogen (secondary N) is 1. The topological polar surface area (TPSA) is 83.8 Å². The van der Waals surface area contributed by atoms with Crippen LogP contribution in [0, 0.1) is 17.1 Å². The van der Waals surface area contributed by atoms with Gasteiger partial charge in [-0.3, -0.25) is 4.90 Å². The Bertz CT molecular complexity index is 1270. The molecule has 0 amide bonds. The van der Waals surface area contributed by atoms with Crippen LogP contribution in [0.3, 0.4) is 0 Å². The maximum atomic E-state index is 14.3. The molecule has 214 valence electrons. The van der Waals surface area contributed by atoms with Crippen molar-refractivity contribution in [3.05, 3.63) is 40.8 Å². The zero-order valence-electron chi connectivity index (χ0n) is 24.0. The molecule has 10 heteroatoms. The number of nitriles is 1. The van der Waals surface area contributed by atoms with Gasteiger partial charge in [-0.15, -0.1) is 0 Å². The summed E-state index contributed by atoms with van der Waals surface area (Å²) in [6.45, 7) is 5.70. The number of hydrogen-bond acceptors (Lipinski definition) is 9. The Morgan fingerprint density at radius 3 is 2.83 bits per heavy atom. The molecule has 4 aliphatic rings. The van der Waals surface area contributed by atoms with E-state index in [2.05, 4.69) is 45.1 Å². The van der Waals surface area contributed by atoms with Crippen molar-refractivity contribution in [2.24, 2.45) is 0 Å². The molecule has 6 rings (SSSR count). The molecule has 1 N–H and O–H groups in total. The molecule has 2 aromatic rings. The lowest BCUT2D eigenvalue weighted by Gasteiger charge is -2.53. The molecule has 2 saturated heterocycles. The molecule has 0 saturated carbocycles. The van der Waals surface area contributed by atoms with Gasteiger partial charge in [0.05, 0.1) is 30.3 Å². The zero-order valence-corrected chi connectivity index (χ0v) is 24.0. The summed E-state index contributed by atoms with van der Waals surface area (Å²) in [7, 11) is 5.97. The largest absolute Gasteiger partial charge is 0.383 e. The van der Waals surface area contributed by atoms with Crippen LogP contribution in [0.4, 0.5) is 21.8 Å². The first-order valence-corrected chi connectivity index (χ1v) is 14.6. The van der Waals surface area contributed by atoms with Gasteiger partial charge in [-0.25, -0.2) is 9.37 Å². The number of fused-ring (bicyclic) bond motifs is 2. The van der Waals surface area contributed by atoms with Gasteiger partial charge < -0.3 is 24.8 Å². The number of likely N-dealkylation sites (N-methyl/N-ethyl adjacent to an activating group) is 1. The standard InChI is InChI=1S/C30H41FN8O/c1-36(2)30(20-40-3)18-38(19-30)29-34-26-16-24(39-13-4-5-21-6-7-22(31)15-27(21)39)8-9-25(26)28(35-29)37-14-12-33-23(17-37)10-11-32/h6-7,15,23-24,33H,4-5,8-10,12-14,16-20H2,1-3H3/t23-,24+/m0/s1. The first-order valence-electron chi connectivity index (χ1n) is 14.6. The predicted molar refractivity (Wildman–Crippen MR) is 155 cm³/mol. The molecule has 0 spiro atoms. The van der Waals surface area contributed by atoms with Gasteiger partial charge in [-0.2, -0.15) is 10.2 Å². The molecule has 0 unspecified atom stereocenters. The minimum Gasteiger partial charge on any atom is -0.383 e. The lowest BCUT2D eigenvalue weighted by Crippen LogP contribution is -2.71. The van der Waals surface area contributed by atoms with Gasteiger partial charge in [0.25, 0.3) is 0 Å². The number of piperazine rings is 1. The summed E-state index contributed by atoms with van der Waals surface area (Å²) in [5.74, 6) is 1.64. The first-order chi connectivity index (χ1) is 19.4. The van der Waals surface area contributed by atoms with Crippen LogP contribution >= 0.6 is 0 Å². The lowest BCUT2D eigenvalue weighted by molar-refractivity contribution is 0.0188. The summed E-state index contributed by atoms with van der Waals surface area (Å²) in [6, 6.07) is 8.00. The van der Waals surface area contributed by atoms with E-state index in [4.69, 9.17) is 14.7 Å². The third-order valence-corrected chi connectivity index (χ3v) is 9.37. The Hall–Kier alpha value is -3.00. The average Bonchev–Trinajstić information content (AvgIpc) is 2.93. The summed E-state index contributed by atoms with van der Waals surface area (Å²) in [5, 5.41) is 12.8. The van der Waals surface area contributed by atoms with Crippen molar-refractivity contribution in [3.8, 4) is 6.07 Å². The molecule has 2 atom stereocenters. The van der Waals surface area contributed by atoms with Crippen LogP contribution in [0.2, 0.25) is 0 Å². The third-order valence-electron chi connectivity index (χ3n) is 9.37. The number of aryl methyl sites for hydroxylation is 1. The van der Waals surface area contributed by atoms with Crippen LogP contribution in [0.25, 0.3) is 0 Å². The van der Waals surface area contributed by atoms with Crippen LogP contribution in [-0.2, 0) is 24.0 Å². The summed E-state index contributed by atoms with van der Waals surface area (Å²) in [5.41, 5.74) is 4.60. The summed E-state index contributed by atoms with van der Waals surface area (Å²) in [6.07, 6.45) is 5.29. The quantitative estimate of drug-likeness (QED) is 0.561. The molecule has 1 aliphatic carbocycles. The maximum Gasteiger partial charge on any atom is 0.227 e. The van der Waals surface area contributed by atoms with Crippen molar-refractivity contribution < 1.29 is 9.13 Å². The Morgan fingerprint density at radius 2 is 2.05 bits per heavy atom. The normalized spacial score (nSPS) is 23.9. The van der Waals surface area contributed by atoms with Gasteiger partial charge in [0.1, 0.15) is 11.6 Å². The fraction of sp³-hybridized carbons (Fsp3) is 0.633. The number of benzene rings is 1. The number of hydrogen-bond donors (Lipinski definition) is 1. The molecule has 4 heterocycles. The number of rotatable bonds is 7. The van der Waals surface area contributed by atoms with Crippen LogP contribution in [0.15, 0.2) is 18.2 Å².